The third-order valence-corrected chi connectivity index (χ3v) is 3.71. The molecule has 0 saturated carbocycles. The number of ether oxygens (including phenoxy) is 1. The Balaban J connectivity index is 2.16. The van der Waals surface area contributed by atoms with Crippen LogP contribution in [0.4, 0.5) is 0 Å². The van der Waals surface area contributed by atoms with Crippen molar-refractivity contribution in [2.75, 3.05) is 26.7 Å². The zero-order valence-electron chi connectivity index (χ0n) is 11.9. The van der Waals surface area contributed by atoms with Crippen molar-refractivity contribution >= 4 is 5.97 Å². The maximum absolute atomic E-state index is 11.0. The van der Waals surface area contributed by atoms with E-state index in [9.17, 15) is 4.79 Å². The van der Waals surface area contributed by atoms with Crippen molar-refractivity contribution in [2.24, 2.45) is 5.41 Å². The third-order valence-electron chi connectivity index (χ3n) is 3.71. The number of carbonyl (C=O) groups is 1. The maximum Gasteiger partial charge on any atom is 0.309 e. The Morgan fingerprint density at radius 1 is 1.44 bits per heavy atom. The van der Waals surface area contributed by atoms with Crippen LogP contribution in [0, 0.1) is 5.41 Å². The first kappa shape index (κ1) is 15.4. The summed E-state index contributed by atoms with van der Waals surface area (Å²) in [5.41, 5.74) is -0.609. The summed E-state index contributed by atoms with van der Waals surface area (Å²) in [6.07, 6.45) is 5.62. The average molecular weight is 257 g/mol. The molecule has 0 bridgehead atoms. The molecule has 106 valence electrons. The van der Waals surface area contributed by atoms with Gasteiger partial charge in [-0.3, -0.25) is 4.79 Å². The Morgan fingerprint density at radius 3 is 2.72 bits per heavy atom. The van der Waals surface area contributed by atoms with Gasteiger partial charge in [-0.15, -0.1) is 0 Å². The van der Waals surface area contributed by atoms with Gasteiger partial charge < -0.3 is 14.7 Å². The van der Waals surface area contributed by atoms with Crippen molar-refractivity contribution in [1.29, 1.82) is 0 Å². The van der Waals surface area contributed by atoms with Crippen molar-refractivity contribution in [3.63, 3.8) is 0 Å². The number of likely N-dealkylation sites (N-methyl/N-ethyl adjacent to an activating group) is 1. The lowest BCUT2D eigenvalue weighted by Crippen LogP contribution is -2.34. The van der Waals surface area contributed by atoms with E-state index in [0.717, 1.165) is 39.0 Å². The number of hydrogen-bond donors (Lipinski definition) is 1. The van der Waals surface area contributed by atoms with Gasteiger partial charge in [0.2, 0.25) is 0 Å². The Hall–Kier alpha value is -0.610. The van der Waals surface area contributed by atoms with Crippen LogP contribution in [-0.4, -0.2) is 48.8 Å². The van der Waals surface area contributed by atoms with E-state index >= 15 is 0 Å². The lowest BCUT2D eigenvalue weighted by molar-refractivity contribution is -0.147. The lowest BCUT2D eigenvalue weighted by Gasteiger charge is -2.28. The molecule has 0 radical (unpaired) electrons. The van der Waals surface area contributed by atoms with Gasteiger partial charge >= 0.3 is 5.97 Å². The summed E-state index contributed by atoms with van der Waals surface area (Å²) >= 11 is 0. The molecule has 1 unspecified atom stereocenters. The molecule has 0 aromatic heterocycles. The first-order chi connectivity index (χ1) is 8.42. The molecule has 4 heteroatoms. The average Bonchev–Trinajstić information content (AvgIpc) is 2.29. The molecule has 1 N–H and O–H groups in total. The summed E-state index contributed by atoms with van der Waals surface area (Å²) in [5.74, 6) is -0.708. The second-order valence-corrected chi connectivity index (χ2v) is 6.04. The molecule has 0 spiro atoms. The molecule has 18 heavy (non-hydrogen) atoms. The van der Waals surface area contributed by atoms with Crippen molar-refractivity contribution in [1.82, 2.24) is 4.90 Å². The minimum absolute atomic E-state index is 0.372. The Morgan fingerprint density at radius 2 is 2.17 bits per heavy atom. The molecule has 1 saturated heterocycles. The van der Waals surface area contributed by atoms with Gasteiger partial charge in [-0.1, -0.05) is 0 Å². The largest absolute Gasteiger partial charge is 0.481 e. The quantitative estimate of drug-likeness (QED) is 0.760. The van der Waals surface area contributed by atoms with E-state index in [-0.39, 0.29) is 0 Å². The van der Waals surface area contributed by atoms with Crippen LogP contribution in [0.3, 0.4) is 0 Å². The summed E-state index contributed by atoms with van der Waals surface area (Å²) in [7, 11) is 2.09. The van der Waals surface area contributed by atoms with Gasteiger partial charge in [0.25, 0.3) is 0 Å². The smallest absolute Gasteiger partial charge is 0.309 e. The molecule has 0 aliphatic carbocycles. The molecule has 1 aliphatic rings. The molecule has 0 aromatic rings. The van der Waals surface area contributed by atoms with Crippen LogP contribution in [0.2, 0.25) is 0 Å². The van der Waals surface area contributed by atoms with Crippen LogP contribution in [-0.2, 0) is 9.53 Å². The molecular weight excluding hydrogens is 230 g/mol. The zero-order valence-corrected chi connectivity index (χ0v) is 11.9. The molecule has 0 aromatic carbocycles. The van der Waals surface area contributed by atoms with Crippen LogP contribution < -0.4 is 0 Å². The highest BCUT2D eigenvalue weighted by atomic mass is 16.5. The van der Waals surface area contributed by atoms with Crippen LogP contribution in [0.15, 0.2) is 0 Å². The second-order valence-electron chi connectivity index (χ2n) is 6.04. The SMILES string of the molecule is CN(CCCC(C)(C)C(=O)O)CC1CCCCO1. The first-order valence-corrected chi connectivity index (χ1v) is 6.95. The van der Waals surface area contributed by atoms with Crippen molar-refractivity contribution in [3.8, 4) is 0 Å². The number of carboxylic acids is 1. The van der Waals surface area contributed by atoms with E-state index in [1.807, 2.05) is 0 Å². The van der Waals surface area contributed by atoms with E-state index in [4.69, 9.17) is 9.84 Å². The maximum atomic E-state index is 11.0. The van der Waals surface area contributed by atoms with E-state index in [0.29, 0.717) is 6.10 Å². The van der Waals surface area contributed by atoms with Gasteiger partial charge in [0.15, 0.2) is 0 Å². The molecule has 1 fully saturated rings. The van der Waals surface area contributed by atoms with E-state index < -0.39 is 11.4 Å². The van der Waals surface area contributed by atoms with Gasteiger partial charge in [0.05, 0.1) is 11.5 Å². The van der Waals surface area contributed by atoms with Gasteiger partial charge in [0.1, 0.15) is 0 Å². The lowest BCUT2D eigenvalue weighted by atomic mass is 9.88. The molecule has 0 amide bonds. The molecule has 1 heterocycles. The van der Waals surface area contributed by atoms with Crippen LogP contribution in [0.5, 0.6) is 0 Å². The Bertz CT molecular complexity index is 260. The standard InChI is InChI=1S/C14H27NO3/c1-14(2,13(16)17)8-6-9-15(3)11-12-7-4-5-10-18-12/h12H,4-11H2,1-3H3,(H,16,17). The number of rotatable bonds is 7. The number of nitrogens with zero attached hydrogens (tertiary/aromatic N) is 1. The van der Waals surface area contributed by atoms with E-state index in [2.05, 4.69) is 11.9 Å². The fourth-order valence-corrected chi connectivity index (χ4v) is 2.29. The Kier molecular flexibility index (Phi) is 6.09. The zero-order chi connectivity index (χ0) is 13.6. The van der Waals surface area contributed by atoms with Crippen molar-refractivity contribution < 1.29 is 14.6 Å². The third kappa shape index (κ3) is 5.36. The van der Waals surface area contributed by atoms with Gasteiger partial charge in [0, 0.05) is 13.2 Å². The molecule has 1 atom stereocenters. The fraction of sp³-hybridized carbons (Fsp3) is 0.929. The minimum atomic E-state index is -0.708. The van der Waals surface area contributed by atoms with Crippen molar-refractivity contribution in [2.45, 2.75) is 52.1 Å². The number of aliphatic carboxylic acids is 1. The predicted octanol–water partition coefficient (Wildman–Crippen LogP) is 2.38. The topological polar surface area (TPSA) is 49.8 Å². The monoisotopic (exact) mass is 257 g/mol. The van der Waals surface area contributed by atoms with Crippen molar-refractivity contribution in [3.05, 3.63) is 0 Å². The fourth-order valence-electron chi connectivity index (χ4n) is 2.29. The molecule has 4 nitrogen and oxygen atoms in total. The van der Waals surface area contributed by atoms with E-state index in [1.165, 1.54) is 12.8 Å². The highest BCUT2D eigenvalue weighted by Gasteiger charge is 2.26. The molecule has 1 aliphatic heterocycles. The molecule has 1 rings (SSSR count). The highest BCUT2D eigenvalue weighted by Crippen LogP contribution is 2.22. The van der Waals surface area contributed by atoms with Gasteiger partial charge in [-0.2, -0.15) is 0 Å². The van der Waals surface area contributed by atoms with Crippen LogP contribution in [0.1, 0.15) is 46.0 Å². The van der Waals surface area contributed by atoms with Gasteiger partial charge in [-0.05, 0) is 59.5 Å². The number of carboxylic acid groups (broad SMARTS) is 1. The highest BCUT2D eigenvalue weighted by molar-refractivity contribution is 5.73. The summed E-state index contributed by atoms with van der Waals surface area (Å²) in [6.45, 7) is 6.38. The number of hydrogen-bond acceptors (Lipinski definition) is 3. The first-order valence-electron chi connectivity index (χ1n) is 6.95. The summed E-state index contributed by atoms with van der Waals surface area (Å²) < 4.78 is 5.70. The Labute approximate surface area is 110 Å². The summed E-state index contributed by atoms with van der Waals surface area (Å²) in [4.78, 5) is 13.2. The second kappa shape index (κ2) is 7.10. The molecular formula is C14H27NO3. The summed E-state index contributed by atoms with van der Waals surface area (Å²) in [6, 6.07) is 0. The minimum Gasteiger partial charge on any atom is -0.481 e. The predicted molar refractivity (Wildman–Crippen MR) is 71.7 cm³/mol. The van der Waals surface area contributed by atoms with Crippen LogP contribution >= 0.6 is 0 Å². The van der Waals surface area contributed by atoms with E-state index in [1.54, 1.807) is 13.8 Å². The van der Waals surface area contributed by atoms with Gasteiger partial charge in [-0.25, -0.2) is 0 Å². The van der Waals surface area contributed by atoms with Crippen LogP contribution in [0.25, 0.3) is 0 Å². The normalized spacial score (nSPS) is 21.2. The summed E-state index contributed by atoms with van der Waals surface area (Å²) in [5, 5.41) is 9.03.